The highest BCUT2D eigenvalue weighted by Crippen LogP contribution is 2.25. The van der Waals surface area contributed by atoms with Gasteiger partial charge < -0.3 is 10.5 Å². The standard InChI is InChI=1S/C14H19N3O3S/c1-3-20-9-10(2)17-21(18,19)13-7-6-12(15)11-5-4-8-16-14(11)13/h4-8,10,17H,3,9,15H2,1-2H3. The molecule has 1 atom stereocenters. The van der Waals surface area contributed by atoms with Crippen LogP contribution in [0.5, 0.6) is 0 Å². The molecule has 0 saturated carbocycles. The second-order valence-corrected chi connectivity index (χ2v) is 6.42. The van der Waals surface area contributed by atoms with Crippen molar-refractivity contribution in [1.29, 1.82) is 0 Å². The summed E-state index contributed by atoms with van der Waals surface area (Å²) in [6.07, 6.45) is 1.55. The number of benzene rings is 1. The number of nitrogens with two attached hydrogens (primary N) is 1. The van der Waals surface area contributed by atoms with E-state index in [1.54, 1.807) is 31.3 Å². The zero-order chi connectivity index (χ0) is 15.5. The molecule has 0 aliphatic heterocycles. The van der Waals surface area contributed by atoms with Crippen LogP contribution in [-0.2, 0) is 14.8 Å². The number of hydrogen-bond acceptors (Lipinski definition) is 5. The Bertz CT molecular complexity index is 731. The molecule has 114 valence electrons. The number of sulfonamides is 1. The van der Waals surface area contributed by atoms with E-state index in [2.05, 4.69) is 9.71 Å². The zero-order valence-corrected chi connectivity index (χ0v) is 12.9. The van der Waals surface area contributed by atoms with Gasteiger partial charge in [-0.25, -0.2) is 13.1 Å². The average molecular weight is 309 g/mol. The van der Waals surface area contributed by atoms with Crippen molar-refractivity contribution in [2.24, 2.45) is 0 Å². The summed E-state index contributed by atoms with van der Waals surface area (Å²) in [5.74, 6) is 0. The highest BCUT2D eigenvalue weighted by atomic mass is 32.2. The van der Waals surface area contributed by atoms with Crippen molar-refractivity contribution in [3.8, 4) is 0 Å². The molecule has 0 spiro atoms. The second-order valence-electron chi connectivity index (χ2n) is 4.73. The van der Waals surface area contributed by atoms with Crippen LogP contribution in [0.4, 0.5) is 5.69 Å². The summed E-state index contributed by atoms with van der Waals surface area (Å²) in [4.78, 5) is 4.27. The first kappa shape index (κ1) is 15.7. The van der Waals surface area contributed by atoms with Crippen molar-refractivity contribution in [3.05, 3.63) is 30.5 Å². The normalized spacial score (nSPS) is 13.4. The molecule has 21 heavy (non-hydrogen) atoms. The molecular formula is C14H19N3O3S. The fourth-order valence-electron chi connectivity index (χ4n) is 2.04. The van der Waals surface area contributed by atoms with Gasteiger partial charge in [-0.3, -0.25) is 4.98 Å². The number of anilines is 1. The van der Waals surface area contributed by atoms with E-state index in [1.807, 2.05) is 6.92 Å². The van der Waals surface area contributed by atoms with Crippen LogP contribution in [0, 0.1) is 0 Å². The molecule has 6 nitrogen and oxygen atoms in total. The molecule has 0 saturated heterocycles. The third kappa shape index (κ3) is 3.49. The van der Waals surface area contributed by atoms with Gasteiger partial charge in [0.05, 0.1) is 12.1 Å². The fourth-order valence-corrected chi connectivity index (χ4v) is 3.43. The molecule has 2 aromatic rings. The van der Waals surface area contributed by atoms with E-state index in [1.165, 1.54) is 6.07 Å². The molecule has 0 aliphatic rings. The van der Waals surface area contributed by atoms with E-state index in [4.69, 9.17) is 10.5 Å². The Balaban J connectivity index is 2.39. The van der Waals surface area contributed by atoms with Crippen LogP contribution in [0.1, 0.15) is 13.8 Å². The third-order valence-corrected chi connectivity index (χ3v) is 4.61. The first-order chi connectivity index (χ1) is 9.95. The van der Waals surface area contributed by atoms with Gasteiger partial charge in [0.1, 0.15) is 4.90 Å². The van der Waals surface area contributed by atoms with Crippen LogP contribution in [0.25, 0.3) is 10.9 Å². The maximum atomic E-state index is 12.5. The Morgan fingerprint density at radius 3 is 2.86 bits per heavy atom. The Labute approximate surface area is 124 Å². The molecule has 1 aromatic heterocycles. The summed E-state index contributed by atoms with van der Waals surface area (Å²) in [6, 6.07) is 6.19. The molecule has 2 rings (SSSR count). The minimum absolute atomic E-state index is 0.121. The minimum Gasteiger partial charge on any atom is -0.398 e. The molecule has 1 heterocycles. The lowest BCUT2D eigenvalue weighted by Crippen LogP contribution is -2.36. The number of aromatic nitrogens is 1. The maximum Gasteiger partial charge on any atom is 0.243 e. The van der Waals surface area contributed by atoms with E-state index >= 15 is 0 Å². The van der Waals surface area contributed by atoms with Crippen molar-refractivity contribution in [2.45, 2.75) is 24.8 Å². The molecule has 0 bridgehead atoms. The highest BCUT2D eigenvalue weighted by Gasteiger charge is 2.21. The molecule has 0 amide bonds. The Kier molecular flexibility index (Phi) is 4.76. The number of nitrogens with zero attached hydrogens (tertiary/aromatic N) is 1. The van der Waals surface area contributed by atoms with E-state index in [0.717, 1.165) is 0 Å². The number of nitrogen functional groups attached to an aromatic ring is 1. The molecule has 1 unspecified atom stereocenters. The number of pyridine rings is 1. The number of rotatable bonds is 6. The van der Waals surface area contributed by atoms with Crippen LogP contribution in [0.3, 0.4) is 0 Å². The van der Waals surface area contributed by atoms with Gasteiger partial charge in [-0.2, -0.15) is 0 Å². The van der Waals surface area contributed by atoms with Crippen molar-refractivity contribution in [1.82, 2.24) is 9.71 Å². The van der Waals surface area contributed by atoms with Crippen LogP contribution < -0.4 is 10.5 Å². The number of ether oxygens (including phenoxy) is 1. The lowest BCUT2D eigenvalue weighted by atomic mass is 10.2. The number of nitrogens with one attached hydrogen (secondary N) is 1. The van der Waals surface area contributed by atoms with E-state index < -0.39 is 10.0 Å². The summed E-state index contributed by atoms with van der Waals surface area (Å²) >= 11 is 0. The monoisotopic (exact) mass is 309 g/mol. The van der Waals surface area contributed by atoms with Gasteiger partial charge in [0.2, 0.25) is 10.0 Å². The number of hydrogen-bond donors (Lipinski definition) is 2. The van der Waals surface area contributed by atoms with Gasteiger partial charge in [0.25, 0.3) is 0 Å². The van der Waals surface area contributed by atoms with Gasteiger partial charge in [0.15, 0.2) is 0 Å². The SMILES string of the molecule is CCOCC(C)NS(=O)(=O)c1ccc(N)c2cccnc12. The summed E-state index contributed by atoms with van der Waals surface area (Å²) in [5, 5.41) is 0.623. The molecule has 1 aromatic carbocycles. The minimum atomic E-state index is -3.68. The van der Waals surface area contributed by atoms with Crippen molar-refractivity contribution in [2.75, 3.05) is 18.9 Å². The summed E-state index contributed by atoms with van der Waals surface area (Å²) < 4.78 is 32.8. The second kappa shape index (κ2) is 6.38. The molecule has 0 fully saturated rings. The zero-order valence-electron chi connectivity index (χ0n) is 12.0. The quantitative estimate of drug-likeness (QED) is 0.789. The van der Waals surface area contributed by atoms with Gasteiger partial charge in [-0.15, -0.1) is 0 Å². The average Bonchev–Trinajstić information content (AvgIpc) is 2.45. The van der Waals surface area contributed by atoms with Crippen LogP contribution in [0.2, 0.25) is 0 Å². The van der Waals surface area contributed by atoms with Crippen molar-refractivity contribution >= 4 is 26.6 Å². The van der Waals surface area contributed by atoms with Crippen LogP contribution in [-0.4, -0.2) is 32.7 Å². The highest BCUT2D eigenvalue weighted by molar-refractivity contribution is 7.89. The fraction of sp³-hybridized carbons (Fsp3) is 0.357. The van der Waals surface area contributed by atoms with Crippen molar-refractivity contribution < 1.29 is 13.2 Å². The lowest BCUT2D eigenvalue weighted by molar-refractivity contribution is 0.133. The summed E-state index contributed by atoms with van der Waals surface area (Å²) in [5.41, 5.74) is 6.73. The first-order valence-electron chi connectivity index (χ1n) is 6.69. The summed E-state index contributed by atoms with van der Waals surface area (Å²) in [7, 11) is -3.68. The predicted octanol–water partition coefficient (Wildman–Crippen LogP) is 1.52. The molecule has 7 heteroatoms. The smallest absolute Gasteiger partial charge is 0.243 e. The maximum absolute atomic E-state index is 12.5. The third-order valence-electron chi connectivity index (χ3n) is 2.98. The van der Waals surface area contributed by atoms with E-state index in [9.17, 15) is 8.42 Å². The molecular weight excluding hydrogens is 290 g/mol. The molecule has 0 aliphatic carbocycles. The first-order valence-corrected chi connectivity index (χ1v) is 8.17. The Morgan fingerprint density at radius 2 is 2.14 bits per heavy atom. The van der Waals surface area contributed by atoms with Crippen LogP contribution >= 0.6 is 0 Å². The van der Waals surface area contributed by atoms with Gasteiger partial charge in [-0.05, 0) is 38.1 Å². The lowest BCUT2D eigenvalue weighted by Gasteiger charge is -2.15. The van der Waals surface area contributed by atoms with Gasteiger partial charge in [0, 0.05) is 29.9 Å². The predicted molar refractivity (Wildman–Crippen MR) is 82.4 cm³/mol. The van der Waals surface area contributed by atoms with Crippen LogP contribution in [0.15, 0.2) is 35.4 Å². The van der Waals surface area contributed by atoms with Gasteiger partial charge in [-0.1, -0.05) is 0 Å². The van der Waals surface area contributed by atoms with Crippen molar-refractivity contribution in [3.63, 3.8) is 0 Å². The largest absolute Gasteiger partial charge is 0.398 e. The number of fused-ring (bicyclic) bond motifs is 1. The Morgan fingerprint density at radius 1 is 1.38 bits per heavy atom. The summed E-state index contributed by atoms with van der Waals surface area (Å²) in [6.45, 7) is 4.47. The topological polar surface area (TPSA) is 94.3 Å². The van der Waals surface area contributed by atoms with E-state index in [-0.39, 0.29) is 10.9 Å². The van der Waals surface area contributed by atoms with Gasteiger partial charge >= 0.3 is 0 Å². The Hall–Kier alpha value is -1.70. The molecule has 3 N–H and O–H groups in total. The van der Waals surface area contributed by atoms with E-state index in [0.29, 0.717) is 29.8 Å². The molecule has 0 radical (unpaired) electrons.